The first-order chi connectivity index (χ1) is 7.98. The minimum Gasteiger partial charge on any atom is -0.493 e. The van der Waals surface area contributed by atoms with E-state index in [0.717, 1.165) is 23.3 Å². The molecule has 1 aromatic carbocycles. The molecule has 0 atom stereocenters. The average Bonchev–Trinajstić information content (AvgIpc) is 2.31. The van der Waals surface area contributed by atoms with Gasteiger partial charge in [0.15, 0.2) is 0 Å². The number of benzene rings is 1. The molecule has 0 saturated carbocycles. The lowest BCUT2D eigenvalue weighted by atomic mass is 10.1. The molecule has 0 amide bonds. The Morgan fingerprint density at radius 2 is 2.00 bits per heavy atom. The highest BCUT2D eigenvalue weighted by Crippen LogP contribution is 2.21. The molecule has 0 aliphatic heterocycles. The third kappa shape index (κ3) is 4.36. The van der Waals surface area contributed by atoms with E-state index in [-0.39, 0.29) is 5.60 Å². The second-order valence-corrected chi connectivity index (χ2v) is 4.87. The molecule has 0 unspecified atom stereocenters. The average molecular weight is 237 g/mol. The van der Waals surface area contributed by atoms with Crippen molar-refractivity contribution in [1.82, 2.24) is 0 Å². The summed E-state index contributed by atoms with van der Waals surface area (Å²) in [6, 6.07) is 6.08. The molecule has 0 aliphatic carbocycles. The molecule has 0 bridgehead atoms. The van der Waals surface area contributed by atoms with Gasteiger partial charge in [-0.3, -0.25) is 0 Å². The third-order valence-electron chi connectivity index (χ3n) is 3.00. The molecule has 0 aliphatic rings. The highest BCUT2D eigenvalue weighted by Gasteiger charge is 2.16. The third-order valence-corrected chi connectivity index (χ3v) is 3.00. The first-order valence-electron chi connectivity index (χ1n) is 5.96. The van der Waals surface area contributed by atoms with E-state index in [1.165, 1.54) is 0 Å². The summed E-state index contributed by atoms with van der Waals surface area (Å²) in [7, 11) is 1.72. The van der Waals surface area contributed by atoms with E-state index in [1.54, 1.807) is 7.11 Å². The van der Waals surface area contributed by atoms with Crippen LogP contribution in [0, 0.1) is 6.92 Å². The molecule has 17 heavy (non-hydrogen) atoms. The van der Waals surface area contributed by atoms with Gasteiger partial charge < -0.3 is 15.2 Å². The molecule has 3 nitrogen and oxygen atoms in total. The van der Waals surface area contributed by atoms with Crippen LogP contribution in [0.3, 0.4) is 0 Å². The van der Waals surface area contributed by atoms with Crippen molar-refractivity contribution in [2.24, 2.45) is 5.73 Å². The maximum absolute atomic E-state index is 5.78. The zero-order valence-electron chi connectivity index (χ0n) is 11.2. The highest BCUT2D eigenvalue weighted by atomic mass is 16.5. The quantitative estimate of drug-likeness (QED) is 0.827. The molecule has 3 heteroatoms. The summed E-state index contributed by atoms with van der Waals surface area (Å²) in [5.74, 6) is 0.917. The van der Waals surface area contributed by atoms with Crippen molar-refractivity contribution in [3.05, 3.63) is 29.3 Å². The fourth-order valence-electron chi connectivity index (χ4n) is 1.44. The fourth-order valence-corrected chi connectivity index (χ4v) is 1.44. The lowest BCUT2D eigenvalue weighted by Crippen LogP contribution is -2.25. The zero-order valence-corrected chi connectivity index (χ0v) is 11.2. The number of hydrogen-bond acceptors (Lipinski definition) is 3. The van der Waals surface area contributed by atoms with Gasteiger partial charge in [0.1, 0.15) is 5.75 Å². The van der Waals surface area contributed by atoms with Crippen LogP contribution in [0.4, 0.5) is 0 Å². The molecule has 0 fully saturated rings. The summed E-state index contributed by atoms with van der Waals surface area (Å²) in [5, 5.41) is 0. The van der Waals surface area contributed by atoms with Gasteiger partial charge in [0.25, 0.3) is 0 Å². The zero-order chi connectivity index (χ0) is 12.9. The smallest absolute Gasteiger partial charge is 0.122 e. The first-order valence-corrected chi connectivity index (χ1v) is 5.96. The predicted octanol–water partition coefficient (Wildman–Crippen LogP) is 2.65. The van der Waals surface area contributed by atoms with Crippen LogP contribution >= 0.6 is 0 Å². The number of rotatable bonds is 6. The monoisotopic (exact) mass is 237 g/mol. The van der Waals surface area contributed by atoms with Crippen molar-refractivity contribution in [1.29, 1.82) is 0 Å². The molecule has 1 aromatic rings. The van der Waals surface area contributed by atoms with Crippen LogP contribution in [0.25, 0.3) is 0 Å². The number of nitrogens with two attached hydrogens (primary N) is 1. The summed E-state index contributed by atoms with van der Waals surface area (Å²) < 4.78 is 11.1. The minimum absolute atomic E-state index is 0.140. The van der Waals surface area contributed by atoms with Crippen LogP contribution in [-0.2, 0) is 11.3 Å². The summed E-state index contributed by atoms with van der Waals surface area (Å²) in [6.07, 6.45) is 0.857. The molecule has 2 N–H and O–H groups in total. The summed E-state index contributed by atoms with van der Waals surface area (Å²) in [5.41, 5.74) is 7.70. The Balaban J connectivity index is 2.57. The normalized spacial score (nSPS) is 11.6. The van der Waals surface area contributed by atoms with E-state index in [4.69, 9.17) is 15.2 Å². The van der Waals surface area contributed by atoms with Crippen LogP contribution < -0.4 is 10.5 Å². The van der Waals surface area contributed by atoms with E-state index < -0.39 is 0 Å². The van der Waals surface area contributed by atoms with Crippen LogP contribution in [0.15, 0.2) is 18.2 Å². The number of methoxy groups -OCH3 is 1. The van der Waals surface area contributed by atoms with Gasteiger partial charge in [-0.15, -0.1) is 0 Å². The van der Waals surface area contributed by atoms with Crippen molar-refractivity contribution in [2.75, 3.05) is 13.7 Å². The van der Waals surface area contributed by atoms with Crippen LogP contribution in [-0.4, -0.2) is 19.3 Å². The maximum Gasteiger partial charge on any atom is 0.122 e. The van der Waals surface area contributed by atoms with Crippen LogP contribution in [0.5, 0.6) is 5.75 Å². The van der Waals surface area contributed by atoms with E-state index >= 15 is 0 Å². The van der Waals surface area contributed by atoms with Gasteiger partial charge >= 0.3 is 0 Å². The van der Waals surface area contributed by atoms with Crippen molar-refractivity contribution in [3.63, 3.8) is 0 Å². The van der Waals surface area contributed by atoms with Gasteiger partial charge in [-0.05, 0) is 38.0 Å². The van der Waals surface area contributed by atoms with Gasteiger partial charge in [0, 0.05) is 20.1 Å². The Labute approximate surface area is 104 Å². The lowest BCUT2D eigenvalue weighted by Gasteiger charge is -2.23. The largest absolute Gasteiger partial charge is 0.493 e. The van der Waals surface area contributed by atoms with E-state index in [1.807, 2.05) is 25.1 Å². The first kappa shape index (κ1) is 14.0. The second-order valence-electron chi connectivity index (χ2n) is 4.87. The minimum atomic E-state index is -0.140. The SMILES string of the molecule is COC(C)(C)CCOc1cc(CN)ccc1C. The van der Waals surface area contributed by atoms with Crippen LogP contribution in [0.1, 0.15) is 31.4 Å². The molecule has 0 spiro atoms. The molecule has 1 rings (SSSR count). The number of ether oxygens (including phenoxy) is 2. The van der Waals surface area contributed by atoms with Crippen molar-refractivity contribution in [3.8, 4) is 5.75 Å². The Kier molecular flexibility index (Phi) is 4.97. The topological polar surface area (TPSA) is 44.5 Å². The molecular weight excluding hydrogens is 214 g/mol. The molecule has 96 valence electrons. The Morgan fingerprint density at radius 3 is 2.59 bits per heavy atom. The number of hydrogen-bond donors (Lipinski definition) is 1. The van der Waals surface area contributed by atoms with Crippen molar-refractivity contribution >= 4 is 0 Å². The molecule has 0 saturated heterocycles. The molecular formula is C14H23NO2. The van der Waals surface area contributed by atoms with Crippen LogP contribution in [0.2, 0.25) is 0 Å². The summed E-state index contributed by atoms with van der Waals surface area (Å²) in [6.45, 7) is 7.34. The maximum atomic E-state index is 5.78. The second kappa shape index (κ2) is 6.03. The summed E-state index contributed by atoms with van der Waals surface area (Å²) in [4.78, 5) is 0. The lowest BCUT2D eigenvalue weighted by molar-refractivity contribution is 0.00539. The molecule has 0 radical (unpaired) electrons. The predicted molar refractivity (Wildman–Crippen MR) is 70.3 cm³/mol. The van der Waals surface area contributed by atoms with E-state index in [9.17, 15) is 0 Å². The summed E-state index contributed by atoms with van der Waals surface area (Å²) >= 11 is 0. The van der Waals surface area contributed by atoms with E-state index in [2.05, 4.69) is 13.8 Å². The standard InChI is InChI=1S/C14H23NO2/c1-11-5-6-12(10-15)9-13(11)17-8-7-14(2,3)16-4/h5-6,9H,7-8,10,15H2,1-4H3. The van der Waals surface area contributed by atoms with Gasteiger partial charge in [-0.25, -0.2) is 0 Å². The van der Waals surface area contributed by atoms with Gasteiger partial charge in [-0.1, -0.05) is 12.1 Å². The van der Waals surface area contributed by atoms with Crippen molar-refractivity contribution in [2.45, 2.75) is 39.3 Å². The van der Waals surface area contributed by atoms with Gasteiger partial charge in [0.05, 0.1) is 12.2 Å². The molecule has 0 heterocycles. The van der Waals surface area contributed by atoms with E-state index in [0.29, 0.717) is 13.2 Å². The molecule has 0 aromatic heterocycles. The number of aryl methyl sites for hydroxylation is 1. The Morgan fingerprint density at radius 1 is 1.29 bits per heavy atom. The highest BCUT2D eigenvalue weighted by molar-refractivity contribution is 5.36. The Hall–Kier alpha value is -1.06. The van der Waals surface area contributed by atoms with Crippen molar-refractivity contribution < 1.29 is 9.47 Å². The van der Waals surface area contributed by atoms with Gasteiger partial charge in [0.2, 0.25) is 0 Å². The Bertz CT molecular complexity index is 361. The fraction of sp³-hybridized carbons (Fsp3) is 0.571. The van der Waals surface area contributed by atoms with Gasteiger partial charge in [-0.2, -0.15) is 0 Å².